The number of amides is 1. The van der Waals surface area contributed by atoms with Crippen LogP contribution in [0.2, 0.25) is 0 Å². The van der Waals surface area contributed by atoms with Crippen molar-refractivity contribution in [2.45, 2.75) is 25.7 Å². The number of likely N-dealkylation sites (tertiary alicyclic amines) is 1. The molecule has 6 nitrogen and oxygen atoms in total. The van der Waals surface area contributed by atoms with Crippen LogP contribution in [0.3, 0.4) is 0 Å². The molecule has 9 heteroatoms. The summed E-state index contributed by atoms with van der Waals surface area (Å²) in [7, 11) is 0. The van der Waals surface area contributed by atoms with Crippen molar-refractivity contribution in [3.05, 3.63) is 18.0 Å². The Kier molecular flexibility index (Phi) is 4.82. The van der Waals surface area contributed by atoms with Gasteiger partial charge >= 0.3 is 6.18 Å². The molecule has 1 aromatic rings. The molecule has 0 aromatic carbocycles. The van der Waals surface area contributed by atoms with Crippen LogP contribution in [0.5, 0.6) is 0 Å². The number of rotatable bonds is 3. The van der Waals surface area contributed by atoms with Crippen LogP contribution < -0.4 is 0 Å². The molecule has 0 spiro atoms. The van der Waals surface area contributed by atoms with E-state index >= 15 is 0 Å². The van der Waals surface area contributed by atoms with Gasteiger partial charge in [0.25, 0.3) is 0 Å². The summed E-state index contributed by atoms with van der Waals surface area (Å²) >= 11 is 0. The van der Waals surface area contributed by atoms with Gasteiger partial charge in [-0.05, 0) is 12.0 Å². The van der Waals surface area contributed by atoms with Gasteiger partial charge in [0, 0.05) is 38.4 Å². The third kappa shape index (κ3) is 3.72. The fourth-order valence-corrected chi connectivity index (χ4v) is 3.38. The van der Waals surface area contributed by atoms with Gasteiger partial charge in [-0.15, -0.1) is 0 Å². The van der Waals surface area contributed by atoms with Gasteiger partial charge in [-0.1, -0.05) is 6.92 Å². The van der Waals surface area contributed by atoms with Crippen molar-refractivity contribution in [3.63, 3.8) is 0 Å². The number of halogens is 3. The molecule has 1 aromatic heterocycles. The average molecular weight is 346 g/mol. The van der Waals surface area contributed by atoms with Crippen molar-refractivity contribution in [1.82, 2.24) is 19.6 Å². The summed E-state index contributed by atoms with van der Waals surface area (Å²) in [6, 6.07) is 1.16. The number of hydrogen-bond acceptors (Lipinski definition) is 4. The first kappa shape index (κ1) is 17.2. The van der Waals surface area contributed by atoms with Crippen molar-refractivity contribution in [1.29, 1.82) is 0 Å². The molecule has 0 radical (unpaired) electrons. The van der Waals surface area contributed by atoms with Crippen molar-refractivity contribution < 1.29 is 22.7 Å². The summed E-state index contributed by atoms with van der Waals surface area (Å²) < 4.78 is 44.1. The number of carbonyl (C=O) groups is 1. The van der Waals surface area contributed by atoms with E-state index in [1.807, 2.05) is 0 Å². The summed E-state index contributed by atoms with van der Waals surface area (Å²) in [5, 5.41) is 3.44. The van der Waals surface area contributed by atoms with Crippen LogP contribution in [-0.2, 0) is 22.3 Å². The van der Waals surface area contributed by atoms with Gasteiger partial charge in [0.2, 0.25) is 5.91 Å². The van der Waals surface area contributed by atoms with Gasteiger partial charge in [-0.25, -0.2) is 0 Å². The van der Waals surface area contributed by atoms with Crippen LogP contribution in [0, 0.1) is 5.92 Å². The minimum absolute atomic E-state index is 0.168. The summed E-state index contributed by atoms with van der Waals surface area (Å²) in [5.74, 6) is 0.129. The van der Waals surface area contributed by atoms with Crippen molar-refractivity contribution in [2.75, 3.05) is 39.4 Å². The minimum atomic E-state index is -4.49. The predicted octanol–water partition coefficient (Wildman–Crippen LogP) is 1.08. The Hall–Kier alpha value is -1.61. The number of alkyl halides is 3. The fraction of sp³-hybridized carbons (Fsp3) is 0.733. The molecule has 24 heavy (non-hydrogen) atoms. The zero-order valence-corrected chi connectivity index (χ0v) is 13.5. The minimum Gasteiger partial charge on any atom is -0.379 e. The maximum absolute atomic E-state index is 12.6. The molecule has 0 aliphatic carbocycles. The lowest BCUT2D eigenvalue weighted by atomic mass is 10.0. The molecule has 2 fully saturated rings. The molecule has 134 valence electrons. The summed E-state index contributed by atoms with van der Waals surface area (Å²) in [5.41, 5.74) is -0.976. The average Bonchev–Trinajstić information content (AvgIpc) is 3.14. The number of nitrogens with zero attached hydrogens (tertiary/aromatic N) is 4. The van der Waals surface area contributed by atoms with E-state index in [1.54, 1.807) is 4.90 Å². The SMILES string of the molecule is C[C@H]1CN(C(=O)Cn2ccc(C(F)(F)F)n2)C[C@@H]1N1CCOCC1. The molecule has 3 rings (SSSR count). The zero-order chi connectivity index (χ0) is 17.3. The molecule has 0 unspecified atom stereocenters. The Labute approximate surface area is 138 Å². The fourth-order valence-electron chi connectivity index (χ4n) is 3.38. The first-order chi connectivity index (χ1) is 11.3. The van der Waals surface area contributed by atoms with Gasteiger partial charge in [0.05, 0.1) is 13.2 Å². The van der Waals surface area contributed by atoms with E-state index in [9.17, 15) is 18.0 Å². The van der Waals surface area contributed by atoms with E-state index in [4.69, 9.17) is 4.74 Å². The van der Waals surface area contributed by atoms with Gasteiger partial charge in [-0.3, -0.25) is 14.4 Å². The molecule has 1 amide bonds. The van der Waals surface area contributed by atoms with Crippen LogP contribution in [-0.4, -0.2) is 70.9 Å². The van der Waals surface area contributed by atoms with Crippen molar-refractivity contribution >= 4 is 5.91 Å². The molecule has 2 atom stereocenters. The normalized spacial score (nSPS) is 26.1. The molecule has 2 aliphatic heterocycles. The first-order valence-electron chi connectivity index (χ1n) is 8.05. The van der Waals surface area contributed by atoms with E-state index in [0.717, 1.165) is 23.8 Å². The third-order valence-corrected chi connectivity index (χ3v) is 4.67. The number of carbonyl (C=O) groups excluding carboxylic acids is 1. The Morgan fingerprint density at radius 2 is 2.04 bits per heavy atom. The molecule has 0 saturated carbocycles. The van der Waals surface area contributed by atoms with E-state index in [-0.39, 0.29) is 18.5 Å². The Morgan fingerprint density at radius 3 is 2.67 bits per heavy atom. The van der Waals surface area contributed by atoms with Gasteiger partial charge in [0.15, 0.2) is 5.69 Å². The summed E-state index contributed by atoms with van der Waals surface area (Å²) in [4.78, 5) is 16.4. The van der Waals surface area contributed by atoms with Crippen LogP contribution in [0.1, 0.15) is 12.6 Å². The second-order valence-electron chi connectivity index (χ2n) is 6.39. The lowest BCUT2D eigenvalue weighted by Crippen LogP contribution is -2.47. The van der Waals surface area contributed by atoms with E-state index in [0.29, 0.717) is 32.2 Å². The number of aromatic nitrogens is 2. The van der Waals surface area contributed by atoms with Gasteiger partial charge in [0.1, 0.15) is 6.54 Å². The van der Waals surface area contributed by atoms with Crippen LogP contribution >= 0.6 is 0 Å². The number of hydrogen-bond donors (Lipinski definition) is 0. The predicted molar refractivity (Wildman–Crippen MR) is 79.2 cm³/mol. The van der Waals surface area contributed by atoms with Crippen LogP contribution in [0.4, 0.5) is 13.2 Å². The lowest BCUT2D eigenvalue weighted by Gasteiger charge is -2.33. The quantitative estimate of drug-likeness (QED) is 0.822. The molecule has 0 N–H and O–H groups in total. The van der Waals surface area contributed by atoms with E-state index in [1.165, 1.54) is 6.20 Å². The largest absolute Gasteiger partial charge is 0.435 e. The van der Waals surface area contributed by atoms with Gasteiger partial charge < -0.3 is 9.64 Å². The van der Waals surface area contributed by atoms with Crippen LogP contribution in [0.25, 0.3) is 0 Å². The second kappa shape index (κ2) is 6.72. The third-order valence-electron chi connectivity index (χ3n) is 4.67. The molecule has 2 saturated heterocycles. The maximum Gasteiger partial charge on any atom is 0.435 e. The number of morpholine rings is 1. The highest BCUT2D eigenvalue weighted by molar-refractivity contribution is 5.76. The first-order valence-corrected chi connectivity index (χ1v) is 8.05. The summed E-state index contributed by atoms with van der Waals surface area (Å²) in [6.45, 7) is 6.26. The van der Waals surface area contributed by atoms with Gasteiger partial charge in [-0.2, -0.15) is 18.3 Å². The smallest absolute Gasteiger partial charge is 0.379 e. The van der Waals surface area contributed by atoms with Crippen LogP contribution in [0.15, 0.2) is 12.3 Å². The highest BCUT2D eigenvalue weighted by Crippen LogP contribution is 2.27. The second-order valence-corrected chi connectivity index (χ2v) is 6.39. The standard InChI is InChI=1S/C15H21F3N4O2/c1-11-8-21(9-12(11)20-4-6-24-7-5-20)14(23)10-22-3-2-13(19-22)15(16,17)18/h2-3,11-12H,4-10H2,1H3/t11-,12-/m0/s1. The van der Waals surface area contributed by atoms with E-state index < -0.39 is 11.9 Å². The highest BCUT2D eigenvalue weighted by Gasteiger charge is 2.37. The van der Waals surface area contributed by atoms with E-state index in [2.05, 4.69) is 16.9 Å². The monoisotopic (exact) mass is 346 g/mol. The van der Waals surface area contributed by atoms with Crippen molar-refractivity contribution in [3.8, 4) is 0 Å². The summed E-state index contributed by atoms with van der Waals surface area (Å²) in [6.07, 6.45) is -3.29. The molecule has 3 heterocycles. The maximum atomic E-state index is 12.6. The number of ether oxygens (including phenoxy) is 1. The molecule has 0 bridgehead atoms. The molecular formula is C15H21F3N4O2. The lowest BCUT2D eigenvalue weighted by molar-refractivity contribution is -0.142. The highest BCUT2D eigenvalue weighted by atomic mass is 19.4. The Morgan fingerprint density at radius 1 is 1.33 bits per heavy atom. The molecular weight excluding hydrogens is 325 g/mol. The Bertz CT molecular complexity index is 584. The Balaban J connectivity index is 1.58. The zero-order valence-electron chi connectivity index (χ0n) is 13.5. The van der Waals surface area contributed by atoms with Crippen molar-refractivity contribution in [2.24, 2.45) is 5.92 Å². The topological polar surface area (TPSA) is 50.6 Å². The molecule has 2 aliphatic rings.